The highest BCUT2D eigenvalue weighted by molar-refractivity contribution is 6.31. The quantitative estimate of drug-likeness (QED) is 0.0491. The number of anilines is 2. The van der Waals surface area contributed by atoms with Crippen LogP contribution in [0.1, 0.15) is 97.9 Å². The van der Waals surface area contributed by atoms with Crippen molar-refractivity contribution in [3.8, 4) is 17.2 Å². The summed E-state index contributed by atoms with van der Waals surface area (Å²) < 4.78 is 24.2. The Morgan fingerprint density at radius 3 is 2.50 bits per heavy atom. The molecule has 0 radical (unpaired) electrons. The van der Waals surface area contributed by atoms with Crippen LogP contribution in [-0.4, -0.2) is 110 Å². The third-order valence-electron chi connectivity index (χ3n) is 12.2. The van der Waals surface area contributed by atoms with Gasteiger partial charge in [-0.3, -0.25) is 19.2 Å². The first-order chi connectivity index (χ1) is 30.5. The van der Waals surface area contributed by atoms with Gasteiger partial charge in [0.25, 0.3) is 5.91 Å². The molecule has 2 aliphatic carbocycles. The van der Waals surface area contributed by atoms with Crippen molar-refractivity contribution in [3.63, 3.8) is 0 Å². The van der Waals surface area contributed by atoms with E-state index in [1.165, 1.54) is 25.3 Å². The summed E-state index contributed by atoms with van der Waals surface area (Å²) in [5, 5.41) is 56.2. The van der Waals surface area contributed by atoms with E-state index in [2.05, 4.69) is 20.9 Å². The lowest BCUT2D eigenvalue weighted by Crippen LogP contribution is -2.54. The highest BCUT2D eigenvalue weighted by Crippen LogP contribution is 2.52. The van der Waals surface area contributed by atoms with Gasteiger partial charge in [0.15, 0.2) is 17.7 Å². The molecule has 336 valence electrons. The zero-order valence-electron chi connectivity index (χ0n) is 35.7. The summed E-state index contributed by atoms with van der Waals surface area (Å²) in [4.78, 5) is 70.2. The molecule has 2 aromatic heterocycles. The molecule has 8 rings (SSSR count). The fourth-order valence-corrected chi connectivity index (χ4v) is 9.07. The SMILES string of the molecule is COC(=O)[C@]1(O)Cc2c(O)c3c(c(O)c2[C@@H](OC2C[C@H](NCCCC(=O)Nc4cc(C(=O)Nc5ccc6[nH]c(C)cc6c5)n(C)c4)[C@H](O)[C@H](C)O2)C1)C(=O)c1c(OC)cccc1C3=O. The Labute approximate surface area is 366 Å². The Balaban J connectivity index is 0.928. The first-order valence-corrected chi connectivity index (χ1v) is 20.8. The number of phenols is 2. The number of nitrogens with one attached hydrogen (secondary N) is 4. The van der Waals surface area contributed by atoms with Gasteiger partial charge in [-0.05, 0) is 63.2 Å². The van der Waals surface area contributed by atoms with Crippen LogP contribution in [0, 0.1) is 6.92 Å². The summed E-state index contributed by atoms with van der Waals surface area (Å²) in [6, 6.07) is 12.9. The number of methoxy groups -OCH3 is 2. The number of ether oxygens (including phenoxy) is 4. The van der Waals surface area contributed by atoms with E-state index in [1.54, 1.807) is 30.8 Å². The molecule has 18 nitrogen and oxygen atoms in total. The van der Waals surface area contributed by atoms with Crippen LogP contribution in [0.15, 0.2) is 54.7 Å². The van der Waals surface area contributed by atoms with Gasteiger partial charge < -0.3 is 64.9 Å². The number of aliphatic hydroxyl groups excluding tert-OH is 1. The number of carbonyl (C=O) groups excluding carboxylic acids is 5. The van der Waals surface area contributed by atoms with E-state index < -0.39 is 89.2 Å². The third-order valence-corrected chi connectivity index (χ3v) is 12.2. The van der Waals surface area contributed by atoms with Gasteiger partial charge >= 0.3 is 5.97 Å². The average Bonchev–Trinajstić information content (AvgIpc) is 3.83. The number of amides is 2. The second-order valence-corrected chi connectivity index (χ2v) is 16.6. The van der Waals surface area contributed by atoms with Crippen molar-refractivity contribution in [1.82, 2.24) is 14.9 Å². The number of H-pyrrole nitrogens is 1. The summed E-state index contributed by atoms with van der Waals surface area (Å²) in [7, 11) is 4.10. The normalized spacial score (nSPS) is 22.6. The molecule has 8 N–H and O–H groups in total. The van der Waals surface area contributed by atoms with E-state index in [9.17, 15) is 44.4 Å². The van der Waals surface area contributed by atoms with E-state index in [4.69, 9.17) is 18.9 Å². The van der Waals surface area contributed by atoms with E-state index in [-0.39, 0.29) is 59.2 Å². The Morgan fingerprint density at radius 2 is 1.75 bits per heavy atom. The monoisotopic (exact) mass is 879 g/mol. The number of esters is 1. The lowest BCUT2D eigenvalue weighted by molar-refractivity contribution is -0.250. The predicted molar refractivity (Wildman–Crippen MR) is 230 cm³/mol. The van der Waals surface area contributed by atoms with E-state index in [1.807, 2.05) is 31.2 Å². The predicted octanol–water partition coefficient (Wildman–Crippen LogP) is 4.04. The molecule has 2 amide bonds. The van der Waals surface area contributed by atoms with Crippen molar-refractivity contribution in [2.75, 3.05) is 31.4 Å². The maximum absolute atomic E-state index is 14.0. The van der Waals surface area contributed by atoms with Crippen molar-refractivity contribution in [2.24, 2.45) is 7.05 Å². The Bertz CT molecular complexity index is 2720. The number of benzene rings is 3. The smallest absolute Gasteiger partial charge is 0.338 e. The molecule has 0 saturated carbocycles. The van der Waals surface area contributed by atoms with Gasteiger partial charge in [0.2, 0.25) is 11.7 Å². The molecule has 5 aromatic rings. The molecular formula is C46H49N5O13. The molecule has 3 heterocycles. The molecule has 1 saturated heterocycles. The second kappa shape index (κ2) is 17.2. The van der Waals surface area contributed by atoms with E-state index >= 15 is 0 Å². The largest absolute Gasteiger partial charge is 0.507 e. The van der Waals surface area contributed by atoms with Crippen LogP contribution in [0.3, 0.4) is 0 Å². The number of rotatable bonds is 12. The number of fused-ring (bicyclic) bond motifs is 4. The summed E-state index contributed by atoms with van der Waals surface area (Å²) in [5.74, 6) is -4.58. The van der Waals surface area contributed by atoms with Crippen molar-refractivity contribution in [3.05, 3.63) is 99.5 Å². The van der Waals surface area contributed by atoms with Crippen LogP contribution in [-0.2, 0) is 37.3 Å². The Morgan fingerprint density at radius 1 is 0.984 bits per heavy atom. The number of ketones is 2. The van der Waals surface area contributed by atoms with Crippen molar-refractivity contribution < 1.29 is 63.3 Å². The molecular weight excluding hydrogens is 831 g/mol. The molecule has 3 aliphatic rings. The first-order valence-electron chi connectivity index (χ1n) is 20.8. The van der Waals surface area contributed by atoms with E-state index in [0.29, 0.717) is 23.5 Å². The van der Waals surface area contributed by atoms with Crippen molar-refractivity contribution >= 4 is 51.6 Å². The number of nitrogens with zero attached hydrogens (tertiary/aromatic N) is 1. The molecule has 1 aliphatic heterocycles. The minimum Gasteiger partial charge on any atom is -0.507 e. The molecule has 0 bridgehead atoms. The first kappa shape index (κ1) is 44.1. The molecule has 3 aromatic carbocycles. The molecule has 6 atom stereocenters. The van der Waals surface area contributed by atoms with Gasteiger partial charge in [0.05, 0.1) is 54.9 Å². The average molecular weight is 880 g/mol. The fourth-order valence-electron chi connectivity index (χ4n) is 9.07. The summed E-state index contributed by atoms with van der Waals surface area (Å²) in [6.07, 6.45) is -3.31. The highest BCUT2D eigenvalue weighted by atomic mass is 16.7. The van der Waals surface area contributed by atoms with Crippen LogP contribution in [0.2, 0.25) is 0 Å². The zero-order chi connectivity index (χ0) is 45.8. The van der Waals surface area contributed by atoms with Gasteiger partial charge in [0.1, 0.15) is 22.9 Å². The molecule has 64 heavy (non-hydrogen) atoms. The molecule has 18 heteroatoms. The number of aromatic nitrogens is 2. The van der Waals surface area contributed by atoms with Crippen molar-refractivity contribution in [2.45, 2.75) is 82.2 Å². The van der Waals surface area contributed by atoms with Crippen LogP contribution in [0.5, 0.6) is 17.2 Å². The third kappa shape index (κ3) is 7.98. The van der Waals surface area contributed by atoms with Gasteiger partial charge in [0, 0.05) is 83.9 Å². The van der Waals surface area contributed by atoms with Gasteiger partial charge in [-0.25, -0.2) is 4.79 Å². The topological polar surface area (TPSA) is 260 Å². The zero-order valence-corrected chi connectivity index (χ0v) is 35.7. The number of aromatic amines is 1. The summed E-state index contributed by atoms with van der Waals surface area (Å²) >= 11 is 0. The fraction of sp³-hybridized carbons (Fsp3) is 0.370. The number of hydrogen-bond acceptors (Lipinski definition) is 14. The van der Waals surface area contributed by atoms with Gasteiger partial charge in [-0.15, -0.1) is 0 Å². The lowest BCUT2D eigenvalue weighted by atomic mass is 9.73. The van der Waals surface area contributed by atoms with Gasteiger partial charge in [-0.1, -0.05) is 12.1 Å². The number of phenolic OH excluding ortho intramolecular Hbond substituents is 2. The number of carbonyl (C=O) groups is 5. The van der Waals surface area contributed by atoms with Crippen LogP contribution in [0.25, 0.3) is 10.9 Å². The molecule has 1 fully saturated rings. The van der Waals surface area contributed by atoms with Crippen LogP contribution >= 0.6 is 0 Å². The lowest BCUT2D eigenvalue weighted by Gasteiger charge is -2.42. The molecule has 0 spiro atoms. The number of aliphatic hydroxyl groups is 2. The van der Waals surface area contributed by atoms with Crippen LogP contribution < -0.4 is 20.7 Å². The Hall–Kier alpha value is -6.57. The minimum atomic E-state index is -2.29. The summed E-state index contributed by atoms with van der Waals surface area (Å²) in [5.41, 5.74) is -0.376. The number of aryl methyl sites for hydroxylation is 2. The molecule has 1 unspecified atom stereocenters. The van der Waals surface area contributed by atoms with Crippen molar-refractivity contribution in [1.29, 1.82) is 0 Å². The minimum absolute atomic E-state index is 0.0212. The summed E-state index contributed by atoms with van der Waals surface area (Å²) in [6.45, 7) is 3.86. The second-order valence-electron chi connectivity index (χ2n) is 16.6. The Kier molecular flexibility index (Phi) is 11.8. The number of hydrogen-bond donors (Lipinski definition) is 8. The van der Waals surface area contributed by atoms with E-state index in [0.717, 1.165) is 23.7 Å². The van der Waals surface area contributed by atoms with Gasteiger partial charge in [-0.2, -0.15) is 0 Å². The number of aromatic hydroxyl groups is 2. The maximum Gasteiger partial charge on any atom is 0.338 e. The highest BCUT2D eigenvalue weighted by Gasteiger charge is 2.51. The standard InChI is InChI=1S/C46H49N5O13/c1-21-14-23-15-24(11-12-28(23)48-21)50-44(58)30-16-25(20-51(30)3)49-33(52)10-7-13-47-29-17-34(63-22(2)39(29)53)64-32-19-46(60,45(59)62-5)18-27-36(32)43(57)38-37(41(27)55)40(54)26-8-6-9-31(61-4)35(26)42(38)56/h6,8-9,11-12,14-16,20,22,29,32,34,39,47-48,53,55,57,60H,7,10,13,17-19H2,1-5H3,(H,49,52)(H,50,58)/t22-,29-,32-,34?,39+,46-/m0/s1. The van der Waals surface area contributed by atoms with Crippen LogP contribution in [0.4, 0.5) is 11.4 Å². The maximum atomic E-state index is 14.0.